The fourth-order valence-electron chi connectivity index (χ4n) is 2.79. The van der Waals surface area contributed by atoms with Gasteiger partial charge in [-0.25, -0.2) is 4.79 Å². The summed E-state index contributed by atoms with van der Waals surface area (Å²) in [5.74, 6) is -0.448. The van der Waals surface area contributed by atoms with E-state index in [0.717, 1.165) is 0 Å². The van der Waals surface area contributed by atoms with Crippen molar-refractivity contribution < 1.29 is 50.9 Å². The molecule has 0 aliphatic heterocycles. The minimum absolute atomic E-state index is 0.00896. The predicted molar refractivity (Wildman–Crippen MR) is 125 cm³/mol. The molecule has 0 bridgehead atoms. The van der Waals surface area contributed by atoms with Gasteiger partial charge in [0.2, 0.25) is 0 Å². The van der Waals surface area contributed by atoms with Crippen molar-refractivity contribution in [2.45, 2.75) is 39.8 Å². The average molecular weight is 522 g/mol. The van der Waals surface area contributed by atoms with E-state index >= 15 is 0 Å². The molecule has 198 valence electrons. The number of ketones is 1. The third-order valence-electron chi connectivity index (χ3n) is 4.42. The minimum atomic E-state index is -4.58. The van der Waals surface area contributed by atoms with Gasteiger partial charge in [-0.3, -0.25) is 9.36 Å². The van der Waals surface area contributed by atoms with Crippen LogP contribution in [0.5, 0.6) is 11.5 Å². The Labute approximate surface area is 204 Å². The molecule has 0 N–H and O–H groups in total. The van der Waals surface area contributed by atoms with Crippen molar-refractivity contribution in [3.63, 3.8) is 0 Å². The Hall–Kier alpha value is -2.33. The molecule has 0 radical (unpaired) electrons. The van der Waals surface area contributed by atoms with Gasteiger partial charge in [-0.05, 0) is 45.9 Å². The van der Waals surface area contributed by atoms with Crippen LogP contribution in [0.25, 0.3) is 6.08 Å². The molecule has 0 heterocycles. The number of methoxy groups -OCH3 is 1. The number of carbonyl (C=O) groups excluding carboxylic acids is 2. The molecule has 1 aromatic carbocycles. The summed E-state index contributed by atoms with van der Waals surface area (Å²) in [6, 6.07) is 4.73. The van der Waals surface area contributed by atoms with E-state index in [9.17, 15) is 22.9 Å². The number of esters is 1. The van der Waals surface area contributed by atoms with Gasteiger partial charge in [0.25, 0.3) is 0 Å². The number of carbonyl (C=O) groups is 2. The summed E-state index contributed by atoms with van der Waals surface area (Å²) in [7, 11) is -3.16. The van der Waals surface area contributed by atoms with Crippen LogP contribution in [-0.4, -0.2) is 64.2 Å². The number of Topliss-reactive ketones (excluding diaryl/α,β-unsaturated/α-hetero) is 1. The van der Waals surface area contributed by atoms with Crippen molar-refractivity contribution in [2.75, 3.05) is 46.8 Å². The number of halogens is 2. The SMILES string of the molecule is CCOC(=O)C(=Cc1ccc(OCCOCCC(F)(F)P(=O)(OCC)OCC)cc1OC)C(C)=O. The van der Waals surface area contributed by atoms with Crippen LogP contribution >= 0.6 is 7.60 Å². The van der Waals surface area contributed by atoms with Gasteiger partial charge in [-0.2, -0.15) is 8.78 Å². The first-order valence-electron chi connectivity index (χ1n) is 11.1. The topological polar surface area (TPSA) is 107 Å². The molecule has 0 unspecified atom stereocenters. The molecule has 1 aromatic rings. The van der Waals surface area contributed by atoms with Gasteiger partial charge in [0, 0.05) is 18.1 Å². The highest BCUT2D eigenvalue weighted by Gasteiger charge is 2.52. The van der Waals surface area contributed by atoms with Gasteiger partial charge in [0.1, 0.15) is 23.7 Å². The molecule has 0 saturated heterocycles. The monoisotopic (exact) mass is 522 g/mol. The molecule has 0 aliphatic rings. The van der Waals surface area contributed by atoms with Crippen LogP contribution in [0, 0.1) is 0 Å². The van der Waals surface area contributed by atoms with Gasteiger partial charge in [0.15, 0.2) is 5.78 Å². The lowest BCUT2D eigenvalue weighted by molar-refractivity contribution is -0.139. The van der Waals surface area contributed by atoms with Crippen LogP contribution in [-0.2, 0) is 32.7 Å². The van der Waals surface area contributed by atoms with Crippen molar-refractivity contribution in [3.8, 4) is 11.5 Å². The zero-order valence-corrected chi connectivity index (χ0v) is 21.5. The van der Waals surface area contributed by atoms with E-state index in [1.807, 2.05) is 0 Å². The van der Waals surface area contributed by atoms with Crippen LogP contribution in [0.1, 0.15) is 39.7 Å². The third-order valence-corrected chi connectivity index (χ3v) is 6.64. The second kappa shape index (κ2) is 14.9. The molecule has 0 saturated carbocycles. The maximum Gasteiger partial charge on any atom is 0.399 e. The first kappa shape index (κ1) is 30.7. The molecule has 35 heavy (non-hydrogen) atoms. The van der Waals surface area contributed by atoms with Gasteiger partial charge < -0.3 is 28.0 Å². The van der Waals surface area contributed by atoms with Gasteiger partial charge >= 0.3 is 19.2 Å². The minimum Gasteiger partial charge on any atom is -0.496 e. The molecular weight excluding hydrogens is 489 g/mol. The Morgan fingerprint density at radius 3 is 2.23 bits per heavy atom. The smallest absolute Gasteiger partial charge is 0.399 e. The Balaban J connectivity index is 2.68. The van der Waals surface area contributed by atoms with Gasteiger partial charge in [-0.1, -0.05) is 0 Å². The van der Waals surface area contributed by atoms with E-state index in [1.165, 1.54) is 34.0 Å². The Morgan fingerprint density at radius 2 is 1.69 bits per heavy atom. The lowest BCUT2D eigenvalue weighted by Crippen LogP contribution is -2.23. The zero-order valence-electron chi connectivity index (χ0n) is 20.6. The Bertz CT molecular complexity index is 908. The number of hydrogen-bond acceptors (Lipinski definition) is 9. The summed E-state index contributed by atoms with van der Waals surface area (Å²) in [5, 5.41) is 0. The lowest BCUT2D eigenvalue weighted by atomic mass is 10.1. The summed E-state index contributed by atoms with van der Waals surface area (Å²) in [6.07, 6.45) is 0.535. The quantitative estimate of drug-likeness (QED) is 0.0707. The molecule has 0 aliphatic carbocycles. The summed E-state index contributed by atoms with van der Waals surface area (Å²) < 4.78 is 71.2. The highest BCUT2D eigenvalue weighted by atomic mass is 31.2. The first-order valence-corrected chi connectivity index (χ1v) is 12.6. The summed E-state index contributed by atoms with van der Waals surface area (Å²) in [5.41, 5.74) is -3.34. The van der Waals surface area contributed by atoms with Crippen molar-refractivity contribution in [2.24, 2.45) is 0 Å². The van der Waals surface area contributed by atoms with Crippen LogP contribution in [0.2, 0.25) is 0 Å². The molecular formula is C23H33F2O9P. The number of alkyl halides is 2. The first-order chi connectivity index (χ1) is 16.5. The molecule has 12 heteroatoms. The van der Waals surface area contributed by atoms with E-state index in [1.54, 1.807) is 25.1 Å². The summed E-state index contributed by atoms with van der Waals surface area (Å²) in [4.78, 5) is 23.8. The van der Waals surface area contributed by atoms with Crippen LogP contribution in [0.15, 0.2) is 23.8 Å². The molecule has 0 atom stereocenters. The van der Waals surface area contributed by atoms with E-state index < -0.39 is 31.4 Å². The average Bonchev–Trinajstić information content (AvgIpc) is 2.80. The second-order valence-electron chi connectivity index (χ2n) is 6.95. The van der Waals surface area contributed by atoms with Gasteiger partial charge in [0.05, 0.1) is 40.1 Å². The molecule has 0 amide bonds. The molecule has 0 spiro atoms. The van der Waals surface area contributed by atoms with Crippen LogP contribution in [0.4, 0.5) is 8.78 Å². The van der Waals surface area contributed by atoms with E-state index in [-0.39, 0.29) is 45.2 Å². The Morgan fingerprint density at radius 1 is 1.03 bits per heavy atom. The number of benzene rings is 1. The zero-order chi connectivity index (χ0) is 26.5. The number of hydrogen-bond donors (Lipinski definition) is 0. The fourth-order valence-corrected chi connectivity index (χ4v) is 4.28. The van der Waals surface area contributed by atoms with Crippen LogP contribution < -0.4 is 9.47 Å². The largest absolute Gasteiger partial charge is 0.496 e. The number of ether oxygens (including phenoxy) is 4. The number of rotatable bonds is 17. The second-order valence-corrected chi connectivity index (χ2v) is 9.11. The maximum atomic E-state index is 14.3. The third kappa shape index (κ3) is 9.33. The van der Waals surface area contributed by atoms with Crippen LogP contribution in [0.3, 0.4) is 0 Å². The van der Waals surface area contributed by atoms with E-state index in [4.69, 9.17) is 28.0 Å². The highest BCUT2D eigenvalue weighted by Crippen LogP contribution is 2.63. The maximum absolute atomic E-state index is 14.3. The van der Waals surface area contributed by atoms with Crippen molar-refractivity contribution >= 4 is 25.4 Å². The summed E-state index contributed by atoms with van der Waals surface area (Å²) in [6.45, 7) is 5.25. The molecule has 0 aromatic heterocycles. The molecule has 9 nitrogen and oxygen atoms in total. The molecule has 0 fully saturated rings. The lowest BCUT2D eigenvalue weighted by Gasteiger charge is -2.25. The van der Waals surface area contributed by atoms with Gasteiger partial charge in [-0.15, -0.1) is 0 Å². The highest BCUT2D eigenvalue weighted by molar-refractivity contribution is 7.55. The predicted octanol–water partition coefficient (Wildman–Crippen LogP) is 4.88. The standard InChI is InChI=1S/C23H33F2O9P/c1-6-31-22(27)20(17(4)26)15-18-9-10-19(16-21(18)29-5)32-14-13-30-12-11-23(24,25)35(28,33-7-2)34-8-3/h9-10,15-16H,6-8,11-14H2,1-5H3. The van der Waals surface area contributed by atoms with Crippen molar-refractivity contribution in [3.05, 3.63) is 29.3 Å². The van der Waals surface area contributed by atoms with Crippen molar-refractivity contribution in [1.29, 1.82) is 0 Å². The van der Waals surface area contributed by atoms with E-state index in [2.05, 4.69) is 0 Å². The van der Waals surface area contributed by atoms with Crippen molar-refractivity contribution in [1.82, 2.24) is 0 Å². The summed E-state index contributed by atoms with van der Waals surface area (Å²) >= 11 is 0. The Kier molecular flexibility index (Phi) is 13.1. The molecule has 1 rings (SSSR count). The van der Waals surface area contributed by atoms with E-state index in [0.29, 0.717) is 17.1 Å². The fraction of sp³-hybridized carbons (Fsp3) is 0.565. The normalized spacial score (nSPS) is 12.4.